The molecule has 1 aliphatic rings. The highest BCUT2D eigenvalue weighted by Gasteiger charge is 2.39. The van der Waals surface area contributed by atoms with Gasteiger partial charge in [0.2, 0.25) is 15.9 Å². The van der Waals surface area contributed by atoms with Crippen molar-refractivity contribution in [3.05, 3.63) is 77.9 Å². The van der Waals surface area contributed by atoms with Crippen LogP contribution in [-0.2, 0) is 27.4 Å². The highest BCUT2D eigenvalue weighted by atomic mass is 32.2. The van der Waals surface area contributed by atoms with Gasteiger partial charge in [-0.15, -0.1) is 6.58 Å². The molecule has 0 aromatic heterocycles. The summed E-state index contributed by atoms with van der Waals surface area (Å²) >= 11 is 0. The Balaban J connectivity index is 1.84. The number of sulfonamides is 1. The maximum Gasteiger partial charge on any atom is 0.417 e. The van der Waals surface area contributed by atoms with Crippen LogP contribution in [0.25, 0.3) is 0 Å². The van der Waals surface area contributed by atoms with Crippen LogP contribution in [0.2, 0.25) is 0 Å². The minimum absolute atomic E-state index is 0.270. The zero-order valence-corrected chi connectivity index (χ0v) is 17.5. The second kappa shape index (κ2) is 9.23. The number of alkyl halides is 3. The second-order valence-electron chi connectivity index (χ2n) is 7.29. The normalized spacial score (nSPS) is 16.6. The van der Waals surface area contributed by atoms with Crippen LogP contribution < -0.4 is 5.32 Å². The molecule has 1 atom stereocenters. The first-order valence-electron chi connectivity index (χ1n) is 9.79. The first-order chi connectivity index (χ1) is 14.6. The van der Waals surface area contributed by atoms with E-state index in [0.717, 1.165) is 36.1 Å². The first kappa shape index (κ1) is 23.0. The third-order valence-corrected chi connectivity index (χ3v) is 7.04. The van der Waals surface area contributed by atoms with E-state index in [1.54, 1.807) is 0 Å². The number of hydrogen-bond donors (Lipinski definition) is 1. The van der Waals surface area contributed by atoms with Gasteiger partial charge >= 0.3 is 6.18 Å². The monoisotopic (exact) mass is 452 g/mol. The van der Waals surface area contributed by atoms with E-state index in [1.807, 2.05) is 24.3 Å². The van der Waals surface area contributed by atoms with E-state index in [1.165, 1.54) is 12.1 Å². The molecule has 31 heavy (non-hydrogen) atoms. The van der Waals surface area contributed by atoms with E-state index in [0.29, 0.717) is 16.8 Å². The molecular weight excluding hydrogens is 429 g/mol. The molecule has 0 saturated heterocycles. The molecule has 1 aliphatic carbocycles. The standard InChI is InChI=1S/C22H23F3N2O3S/c1-2-14-27(31(29,30)20-13-6-5-11-18(20)22(23,24)25)15-21(28)26-19-12-7-9-16-8-3-4-10-17(16)19/h2-6,8,10-11,13,19H,1,7,9,12,14-15H2,(H,26,28)/t19-/m1/s1. The zero-order chi connectivity index (χ0) is 22.6. The summed E-state index contributed by atoms with van der Waals surface area (Å²) in [4.78, 5) is 11.8. The predicted molar refractivity (Wildman–Crippen MR) is 111 cm³/mol. The lowest BCUT2D eigenvalue weighted by molar-refractivity contribution is -0.139. The lowest BCUT2D eigenvalue weighted by Gasteiger charge is -2.28. The molecule has 0 unspecified atom stereocenters. The molecule has 5 nitrogen and oxygen atoms in total. The molecule has 0 fully saturated rings. The number of carbonyl (C=O) groups is 1. The number of amides is 1. The predicted octanol–water partition coefficient (Wildman–Crippen LogP) is 4.08. The average molecular weight is 452 g/mol. The Morgan fingerprint density at radius 3 is 2.55 bits per heavy atom. The average Bonchev–Trinajstić information content (AvgIpc) is 2.73. The molecule has 1 N–H and O–H groups in total. The molecule has 0 bridgehead atoms. The number of hydrogen-bond acceptors (Lipinski definition) is 3. The molecule has 0 aliphatic heterocycles. The molecule has 166 valence electrons. The van der Waals surface area contributed by atoms with Crippen LogP contribution in [0.3, 0.4) is 0 Å². The molecule has 2 aromatic rings. The van der Waals surface area contributed by atoms with Crippen LogP contribution in [0.1, 0.15) is 35.6 Å². The van der Waals surface area contributed by atoms with Gasteiger partial charge in [-0.2, -0.15) is 17.5 Å². The van der Waals surface area contributed by atoms with Crippen LogP contribution in [0.5, 0.6) is 0 Å². The molecule has 0 heterocycles. The summed E-state index contributed by atoms with van der Waals surface area (Å²) < 4.78 is 66.8. The molecule has 9 heteroatoms. The van der Waals surface area contributed by atoms with Gasteiger partial charge < -0.3 is 5.32 Å². The molecular formula is C22H23F3N2O3S. The minimum Gasteiger partial charge on any atom is -0.348 e. The molecule has 1 amide bonds. The Kier molecular flexibility index (Phi) is 6.86. The lowest BCUT2D eigenvalue weighted by Crippen LogP contribution is -2.42. The fourth-order valence-corrected chi connectivity index (χ4v) is 5.34. The SMILES string of the molecule is C=CCN(CC(=O)N[C@@H]1CCCc2ccccc21)S(=O)(=O)c1ccccc1C(F)(F)F. The van der Waals surface area contributed by atoms with Crippen molar-refractivity contribution >= 4 is 15.9 Å². The van der Waals surface area contributed by atoms with Gasteiger partial charge in [0.05, 0.1) is 23.0 Å². The van der Waals surface area contributed by atoms with E-state index >= 15 is 0 Å². The summed E-state index contributed by atoms with van der Waals surface area (Å²) in [5.74, 6) is -0.586. The van der Waals surface area contributed by atoms with Crippen molar-refractivity contribution in [1.82, 2.24) is 9.62 Å². The quantitative estimate of drug-likeness (QED) is 0.644. The van der Waals surface area contributed by atoms with Crippen molar-refractivity contribution in [2.24, 2.45) is 0 Å². The van der Waals surface area contributed by atoms with Crippen molar-refractivity contribution in [3.8, 4) is 0 Å². The van der Waals surface area contributed by atoms with E-state index in [4.69, 9.17) is 0 Å². The Hall–Kier alpha value is -2.65. The van der Waals surface area contributed by atoms with Crippen molar-refractivity contribution < 1.29 is 26.4 Å². The maximum atomic E-state index is 13.4. The summed E-state index contributed by atoms with van der Waals surface area (Å²) in [6, 6.07) is 11.3. The summed E-state index contributed by atoms with van der Waals surface area (Å²) in [7, 11) is -4.59. The molecule has 0 radical (unpaired) electrons. The van der Waals surface area contributed by atoms with Gasteiger partial charge in [0.15, 0.2) is 0 Å². The van der Waals surface area contributed by atoms with Gasteiger partial charge in [0.1, 0.15) is 0 Å². The second-order valence-corrected chi connectivity index (χ2v) is 9.20. The van der Waals surface area contributed by atoms with E-state index in [9.17, 15) is 26.4 Å². The summed E-state index contributed by atoms with van der Waals surface area (Å²) in [5.41, 5.74) is 0.821. The summed E-state index contributed by atoms with van der Waals surface area (Å²) in [6.07, 6.45) is -1.15. The summed E-state index contributed by atoms with van der Waals surface area (Å²) in [6.45, 7) is 2.56. The summed E-state index contributed by atoms with van der Waals surface area (Å²) in [5, 5.41) is 2.83. The van der Waals surface area contributed by atoms with Gasteiger partial charge in [-0.25, -0.2) is 8.42 Å². The fraction of sp³-hybridized carbons (Fsp3) is 0.318. The maximum absolute atomic E-state index is 13.4. The highest BCUT2D eigenvalue weighted by Crippen LogP contribution is 2.35. The Morgan fingerprint density at radius 2 is 1.84 bits per heavy atom. The largest absolute Gasteiger partial charge is 0.417 e. The number of nitrogens with zero attached hydrogens (tertiary/aromatic N) is 1. The fourth-order valence-electron chi connectivity index (χ4n) is 3.76. The number of benzene rings is 2. The van der Waals surface area contributed by atoms with Crippen LogP contribution in [0, 0.1) is 0 Å². The van der Waals surface area contributed by atoms with Gasteiger partial charge in [0, 0.05) is 6.54 Å². The smallest absolute Gasteiger partial charge is 0.348 e. The topological polar surface area (TPSA) is 66.5 Å². The van der Waals surface area contributed by atoms with Crippen LogP contribution in [-0.4, -0.2) is 31.7 Å². The van der Waals surface area contributed by atoms with Crippen LogP contribution in [0.15, 0.2) is 66.1 Å². The van der Waals surface area contributed by atoms with Crippen molar-refractivity contribution in [2.75, 3.05) is 13.1 Å². The third-order valence-electron chi connectivity index (χ3n) is 5.17. The highest BCUT2D eigenvalue weighted by molar-refractivity contribution is 7.89. The van der Waals surface area contributed by atoms with Crippen molar-refractivity contribution in [1.29, 1.82) is 0 Å². The zero-order valence-electron chi connectivity index (χ0n) is 16.7. The minimum atomic E-state index is -4.85. The van der Waals surface area contributed by atoms with Gasteiger partial charge in [-0.1, -0.05) is 42.5 Å². The van der Waals surface area contributed by atoms with Crippen molar-refractivity contribution in [3.63, 3.8) is 0 Å². The number of fused-ring (bicyclic) bond motifs is 1. The van der Waals surface area contributed by atoms with E-state index in [-0.39, 0.29) is 12.6 Å². The van der Waals surface area contributed by atoms with Gasteiger partial charge in [0.25, 0.3) is 0 Å². The van der Waals surface area contributed by atoms with E-state index < -0.39 is 39.1 Å². The molecule has 2 aromatic carbocycles. The number of rotatable bonds is 7. The van der Waals surface area contributed by atoms with Crippen LogP contribution in [0.4, 0.5) is 13.2 Å². The number of carbonyl (C=O) groups excluding carboxylic acids is 1. The number of aryl methyl sites for hydroxylation is 1. The Morgan fingerprint density at radius 1 is 1.16 bits per heavy atom. The molecule has 0 saturated carbocycles. The molecule has 3 rings (SSSR count). The third kappa shape index (κ3) is 5.16. The lowest BCUT2D eigenvalue weighted by atomic mass is 9.88. The Bertz CT molecular complexity index is 1070. The Labute approximate surface area is 179 Å². The van der Waals surface area contributed by atoms with Gasteiger partial charge in [-0.3, -0.25) is 4.79 Å². The van der Waals surface area contributed by atoms with E-state index in [2.05, 4.69) is 11.9 Å². The first-order valence-corrected chi connectivity index (χ1v) is 11.2. The van der Waals surface area contributed by atoms with Gasteiger partial charge in [-0.05, 0) is 42.5 Å². The van der Waals surface area contributed by atoms with Crippen LogP contribution >= 0.6 is 0 Å². The molecule has 0 spiro atoms. The van der Waals surface area contributed by atoms with Crippen molar-refractivity contribution in [2.45, 2.75) is 36.4 Å². The number of nitrogens with one attached hydrogen (secondary N) is 1. The number of halogens is 3.